The van der Waals surface area contributed by atoms with Crippen molar-refractivity contribution in [1.29, 1.82) is 5.41 Å². The van der Waals surface area contributed by atoms with E-state index in [-0.39, 0.29) is 0 Å². The van der Waals surface area contributed by atoms with Gasteiger partial charge in [0.05, 0.1) is 11.7 Å². The number of nitrogens with one attached hydrogen (secondary N) is 1. The zero-order valence-electron chi connectivity index (χ0n) is 6.75. The molecule has 0 heterocycles. The van der Waals surface area contributed by atoms with Gasteiger partial charge in [-0.2, -0.15) is 4.99 Å². The summed E-state index contributed by atoms with van der Waals surface area (Å²) in [5.41, 5.74) is 1.87. The van der Waals surface area contributed by atoms with Crippen molar-refractivity contribution in [2.75, 3.05) is 0 Å². The average molecular weight is 158 g/mol. The summed E-state index contributed by atoms with van der Waals surface area (Å²) in [4.78, 5) is 3.79. The minimum atomic E-state index is 0.779. The molecule has 2 heteroatoms. The molecule has 0 aromatic heterocycles. The van der Waals surface area contributed by atoms with E-state index in [0.29, 0.717) is 0 Å². The fourth-order valence-electron chi connectivity index (χ4n) is 1.01. The van der Waals surface area contributed by atoms with Crippen LogP contribution in [-0.2, 0) is 6.42 Å². The molecule has 1 rings (SSSR count). The summed E-state index contributed by atoms with van der Waals surface area (Å²) in [6.45, 7) is 3.65. The molecule has 12 heavy (non-hydrogen) atoms. The van der Waals surface area contributed by atoms with Crippen LogP contribution in [0.5, 0.6) is 0 Å². The number of hydrogen-bond donors (Lipinski definition) is 1. The van der Waals surface area contributed by atoms with Crippen molar-refractivity contribution in [2.45, 2.75) is 6.42 Å². The van der Waals surface area contributed by atoms with Crippen LogP contribution in [-0.4, -0.2) is 6.01 Å². The van der Waals surface area contributed by atoms with Gasteiger partial charge in [-0.25, -0.2) is 5.41 Å². The SMILES string of the molecule is C=CCc1ccccc1N=C=N. The molecule has 0 amide bonds. The molecule has 0 radical (unpaired) electrons. The predicted molar refractivity (Wildman–Crippen MR) is 50.2 cm³/mol. The molecule has 1 aromatic carbocycles. The standard InChI is InChI=1S/C10H10N2/c1-2-5-9-6-3-4-7-10(9)12-8-11/h2-4,6-7,11H,1,5H2. The number of nitrogens with zero attached hydrogens (tertiary/aromatic N) is 1. The Labute approximate surface area is 71.8 Å². The maximum Gasteiger partial charge on any atom is 0.0918 e. The van der Waals surface area contributed by atoms with Crippen molar-refractivity contribution in [3.63, 3.8) is 0 Å². The third-order valence-electron chi connectivity index (χ3n) is 1.53. The first kappa shape index (κ1) is 8.44. The highest BCUT2D eigenvalue weighted by Crippen LogP contribution is 2.18. The molecule has 2 nitrogen and oxygen atoms in total. The van der Waals surface area contributed by atoms with Gasteiger partial charge in [0.2, 0.25) is 0 Å². The third kappa shape index (κ3) is 1.91. The molecular formula is C10H10N2. The lowest BCUT2D eigenvalue weighted by atomic mass is 10.1. The number of aliphatic imine (C=N–C) groups is 1. The van der Waals surface area contributed by atoms with Gasteiger partial charge >= 0.3 is 0 Å². The fraction of sp³-hybridized carbons (Fsp3) is 0.100. The highest BCUT2D eigenvalue weighted by molar-refractivity contribution is 5.54. The van der Waals surface area contributed by atoms with Crippen molar-refractivity contribution in [3.8, 4) is 0 Å². The Morgan fingerprint density at radius 2 is 2.25 bits per heavy atom. The summed E-state index contributed by atoms with van der Waals surface area (Å²) < 4.78 is 0. The molecular weight excluding hydrogens is 148 g/mol. The lowest BCUT2D eigenvalue weighted by Gasteiger charge is -1.98. The topological polar surface area (TPSA) is 36.2 Å². The van der Waals surface area contributed by atoms with Crippen molar-refractivity contribution >= 4 is 11.7 Å². The number of para-hydroxylation sites is 1. The van der Waals surface area contributed by atoms with Crippen LogP contribution in [0.2, 0.25) is 0 Å². The van der Waals surface area contributed by atoms with Crippen molar-refractivity contribution in [2.24, 2.45) is 4.99 Å². The van der Waals surface area contributed by atoms with Gasteiger partial charge in [0.1, 0.15) is 0 Å². The molecule has 0 bridgehead atoms. The second-order valence-electron chi connectivity index (χ2n) is 2.35. The van der Waals surface area contributed by atoms with Crippen LogP contribution >= 0.6 is 0 Å². The van der Waals surface area contributed by atoms with E-state index in [1.54, 1.807) is 0 Å². The summed E-state index contributed by atoms with van der Waals surface area (Å²) >= 11 is 0. The van der Waals surface area contributed by atoms with Crippen LogP contribution < -0.4 is 0 Å². The normalized spacial score (nSPS) is 8.67. The molecule has 0 saturated heterocycles. The van der Waals surface area contributed by atoms with Gasteiger partial charge in [0.25, 0.3) is 0 Å². The van der Waals surface area contributed by atoms with Crippen molar-refractivity contribution in [1.82, 2.24) is 0 Å². The fourth-order valence-corrected chi connectivity index (χ4v) is 1.01. The number of rotatable bonds is 3. The van der Waals surface area contributed by atoms with Crippen LogP contribution in [0.25, 0.3) is 0 Å². The maximum atomic E-state index is 6.73. The highest BCUT2D eigenvalue weighted by atomic mass is 14.7. The first-order chi connectivity index (χ1) is 5.88. The second-order valence-corrected chi connectivity index (χ2v) is 2.35. The number of benzene rings is 1. The Morgan fingerprint density at radius 3 is 2.92 bits per heavy atom. The van der Waals surface area contributed by atoms with E-state index in [2.05, 4.69) is 11.6 Å². The predicted octanol–water partition coefficient (Wildman–Crippen LogP) is 2.80. The van der Waals surface area contributed by atoms with Crippen LogP contribution in [0.1, 0.15) is 5.56 Å². The van der Waals surface area contributed by atoms with Crippen molar-refractivity contribution < 1.29 is 0 Å². The molecule has 0 spiro atoms. The third-order valence-corrected chi connectivity index (χ3v) is 1.53. The Balaban J connectivity index is 3.07. The molecule has 0 aliphatic heterocycles. The first-order valence-corrected chi connectivity index (χ1v) is 3.69. The van der Waals surface area contributed by atoms with E-state index in [1.807, 2.05) is 36.3 Å². The highest BCUT2D eigenvalue weighted by Gasteiger charge is 1.95. The lowest BCUT2D eigenvalue weighted by Crippen LogP contribution is -1.80. The summed E-state index contributed by atoms with van der Waals surface area (Å²) in [6.07, 6.45) is 2.60. The molecule has 0 unspecified atom stereocenters. The largest absolute Gasteiger partial charge is 0.241 e. The molecule has 0 fully saturated rings. The van der Waals surface area contributed by atoms with Gasteiger partial charge in [0.15, 0.2) is 0 Å². The van der Waals surface area contributed by atoms with Gasteiger partial charge in [-0.1, -0.05) is 24.3 Å². The maximum absolute atomic E-state index is 6.73. The smallest absolute Gasteiger partial charge is 0.0918 e. The van der Waals surface area contributed by atoms with Gasteiger partial charge in [-0.15, -0.1) is 6.58 Å². The molecule has 1 N–H and O–H groups in total. The molecule has 0 aliphatic rings. The number of allylic oxidation sites excluding steroid dienone is 1. The summed E-state index contributed by atoms with van der Waals surface area (Å²) in [6, 6.07) is 9.69. The zero-order valence-corrected chi connectivity index (χ0v) is 6.75. The Kier molecular flexibility index (Phi) is 3.00. The van der Waals surface area contributed by atoms with Gasteiger partial charge in [-0.3, -0.25) is 0 Å². The first-order valence-electron chi connectivity index (χ1n) is 3.69. The summed E-state index contributed by atoms with van der Waals surface area (Å²) in [7, 11) is 0. The minimum absolute atomic E-state index is 0.779. The molecule has 0 atom stereocenters. The van der Waals surface area contributed by atoms with E-state index >= 15 is 0 Å². The van der Waals surface area contributed by atoms with E-state index in [9.17, 15) is 0 Å². The van der Waals surface area contributed by atoms with Gasteiger partial charge in [0, 0.05) is 0 Å². The average Bonchev–Trinajstić information content (AvgIpc) is 2.09. The molecule has 60 valence electrons. The number of hydrogen-bond acceptors (Lipinski definition) is 2. The second kappa shape index (κ2) is 4.27. The Morgan fingerprint density at radius 1 is 1.50 bits per heavy atom. The van der Waals surface area contributed by atoms with Crippen LogP contribution in [0.15, 0.2) is 41.9 Å². The van der Waals surface area contributed by atoms with E-state index in [4.69, 9.17) is 5.41 Å². The molecule has 0 aliphatic carbocycles. The zero-order chi connectivity index (χ0) is 8.81. The van der Waals surface area contributed by atoms with Crippen LogP contribution in [0.4, 0.5) is 5.69 Å². The van der Waals surface area contributed by atoms with E-state index in [0.717, 1.165) is 17.7 Å². The van der Waals surface area contributed by atoms with Gasteiger partial charge < -0.3 is 0 Å². The van der Waals surface area contributed by atoms with E-state index in [1.165, 1.54) is 0 Å². The summed E-state index contributed by atoms with van der Waals surface area (Å²) in [5, 5.41) is 6.73. The van der Waals surface area contributed by atoms with Crippen molar-refractivity contribution in [3.05, 3.63) is 42.5 Å². The quantitative estimate of drug-likeness (QED) is 0.518. The lowest BCUT2D eigenvalue weighted by molar-refractivity contribution is 1.26. The Bertz CT molecular complexity index is 322. The van der Waals surface area contributed by atoms with Gasteiger partial charge in [-0.05, 0) is 18.1 Å². The minimum Gasteiger partial charge on any atom is -0.241 e. The van der Waals surface area contributed by atoms with E-state index < -0.39 is 0 Å². The summed E-state index contributed by atoms with van der Waals surface area (Å²) in [5.74, 6) is 0. The Hall–Kier alpha value is -1.66. The monoisotopic (exact) mass is 158 g/mol. The van der Waals surface area contributed by atoms with Crippen LogP contribution in [0, 0.1) is 5.41 Å². The van der Waals surface area contributed by atoms with Crippen LogP contribution in [0.3, 0.4) is 0 Å². The molecule has 0 saturated carbocycles. The molecule has 1 aromatic rings.